The molecule has 21 heavy (non-hydrogen) atoms. The molecule has 1 aromatic carbocycles. The lowest BCUT2D eigenvalue weighted by Gasteiger charge is -2.35. The second-order valence-corrected chi connectivity index (χ2v) is 6.40. The van der Waals surface area contributed by atoms with Crippen LogP contribution in [-0.4, -0.2) is 31.1 Å². The van der Waals surface area contributed by atoms with Gasteiger partial charge in [0.15, 0.2) is 0 Å². The van der Waals surface area contributed by atoms with Gasteiger partial charge in [-0.2, -0.15) is 0 Å². The van der Waals surface area contributed by atoms with Crippen LogP contribution in [0.5, 0.6) is 0 Å². The summed E-state index contributed by atoms with van der Waals surface area (Å²) in [6, 6.07) is 5.79. The summed E-state index contributed by atoms with van der Waals surface area (Å²) in [6.45, 7) is 3.14. The van der Waals surface area contributed by atoms with Crippen molar-refractivity contribution in [1.82, 2.24) is 10.2 Å². The van der Waals surface area contributed by atoms with E-state index in [-0.39, 0.29) is 10.6 Å². The van der Waals surface area contributed by atoms with Gasteiger partial charge >= 0.3 is 0 Å². The van der Waals surface area contributed by atoms with Gasteiger partial charge in [-0.05, 0) is 23.6 Å². The van der Waals surface area contributed by atoms with Gasteiger partial charge in [-0.15, -0.1) is 11.3 Å². The summed E-state index contributed by atoms with van der Waals surface area (Å²) in [5.74, 6) is -1.17. The molecule has 1 saturated heterocycles. The zero-order valence-electron chi connectivity index (χ0n) is 11.3. The fourth-order valence-corrected chi connectivity index (χ4v) is 3.77. The molecule has 1 atom stereocenters. The van der Waals surface area contributed by atoms with E-state index in [0.717, 1.165) is 31.1 Å². The highest BCUT2D eigenvalue weighted by molar-refractivity contribution is 7.10. The first kappa shape index (κ1) is 14.9. The van der Waals surface area contributed by atoms with Crippen LogP contribution >= 0.6 is 22.9 Å². The molecule has 2 nitrogen and oxygen atoms in total. The lowest BCUT2D eigenvalue weighted by molar-refractivity contribution is 0.194. The molecule has 112 valence electrons. The average Bonchev–Trinajstić information content (AvgIpc) is 2.97. The second-order valence-electron chi connectivity index (χ2n) is 4.99. The molecule has 0 amide bonds. The smallest absolute Gasteiger partial charge is 0.132 e. The van der Waals surface area contributed by atoms with E-state index in [1.54, 1.807) is 0 Å². The van der Waals surface area contributed by atoms with Crippen LogP contribution in [0.25, 0.3) is 0 Å². The first-order valence-corrected chi connectivity index (χ1v) is 8.05. The number of benzene rings is 1. The fourth-order valence-electron chi connectivity index (χ4n) is 2.71. The quantitative estimate of drug-likeness (QED) is 0.924. The number of hydrogen-bond acceptors (Lipinski definition) is 3. The summed E-state index contributed by atoms with van der Waals surface area (Å²) >= 11 is 7.25. The molecule has 2 aromatic rings. The molecular formula is C15H15ClF2N2S. The van der Waals surface area contributed by atoms with Gasteiger partial charge in [-0.3, -0.25) is 4.90 Å². The summed E-state index contributed by atoms with van der Waals surface area (Å²) in [5, 5.41) is 5.27. The number of rotatable bonds is 3. The van der Waals surface area contributed by atoms with Crippen molar-refractivity contribution in [2.24, 2.45) is 0 Å². The van der Waals surface area contributed by atoms with Gasteiger partial charge in [-0.1, -0.05) is 17.7 Å². The maximum atomic E-state index is 14.3. The van der Waals surface area contributed by atoms with Crippen LogP contribution in [0, 0.1) is 11.6 Å². The molecule has 1 aliphatic heterocycles. The number of nitrogens with zero attached hydrogens (tertiary/aromatic N) is 1. The highest BCUT2D eigenvalue weighted by Crippen LogP contribution is 2.36. The molecular weight excluding hydrogens is 314 g/mol. The van der Waals surface area contributed by atoms with Gasteiger partial charge in [0.2, 0.25) is 0 Å². The number of thiophene rings is 1. The molecule has 1 aliphatic rings. The number of nitrogens with one attached hydrogen (secondary N) is 1. The van der Waals surface area contributed by atoms with Crippen molar-refractivity contribution in [3.05, 3.63) is 56.7 Å². The zero-order chi connectivity index (χ0) is 14.8. The molecule has 0 spiro atoms. The molecule has 2 heterocycles. The SMILES string of the molecule is Fc1cc(Cl)cc(F)c1[C@H](c1cccs1)N1CCNCC1. The lowest BCUT2D eigenvalue weighted by Crippen LogP contribution is -2.45. The van der Waals surface area contributed by atoms with Crippen LogP contribution in [0.2, 0.25) is 5.02 Å². The number of piperazine rings is 1. The number of halogens is 3. The second kappa shape index (κ2) is 6.40. The van der Waals surface area contributed by atoms with Crippen molar-refractivity contribution in [2.75, 3.05) is 26.2 Å². The van der Waals surface area contributed by atoms with Crippen LogP contribution < -0.4 is 5.32 Å². The van der Waals surface area contributed by atoms with E-state index in [2.05, 4.69) is 10.2 Å². The largest absolute Gasteiger partial charge is 0.314 e. The van der Waals surface area contributed by atoms with E-state index in [9.17, 15) is 8.78 Å². The molecule has 1 N–H and O–H groups in total. The lowest BCUT2D eigenvalue weighted by atomic mass is 10.0. The Bertz CT molecular complexity index is 589. The Kier molecular flexibility index (Phi) is 4.54. The van der Waals surface area contributed by atoms with Crippen molar-refractivity contribution >= 4 is 22.9 Å². The first-order valence-electron chi connectivity index (χ1n) is 6.79. The Morgan fingerprint density at radius 3 is 2.43 bits per heavy atom. The van der Waals surface area contributed by atoms with Crippen LogP contribution in [0.4, 0.5) is 8.78 Å². The monoisotopic (exact) mass is 328 g/mol. The van der Waals surface area contributed by atoms with E-state index in [4.69, 9.17) is 11.6 Å². The summed E-state index contributed by atoms with van der Waals surface area (Å²) in [4.78, 5) is 3.05. The third-order valence-corrected chi connectivity index (χ3v) is 4.79. The zero-order valence-corrected chi connectivity index (χ0v) is 12.9. The van der Waals surface area contributed by atoms with Gasteiger partial charge in [-0.25, -0.2) is 8.78 Å². The van der Waals surface area contributed by atoms with E-state index in [1.807, 2.05) is 17.5 Å². The van der Waals surface area contributed by atoms with E-state index < -0.39 is 17.7 Å². The van der Waals surface area contributed by atoms with Crippen LogP contribution in [0.15, 0.2) is 29.6 Å². The molecule has 0 aliphatic carbocycles. The molecule has 1 fully saturated rings. The van der Waals surface area contributed by atoms with Crippen molar-refractivity contribution in [2.45, 2.75) is 6.04 Å². The predicted molar refractivity (Wildman–Crippen MR) is 82.0 cm³/mol. The fraction of sp³-hybridized carbons (Fsp3) is 0.333. The summed E-state index contributed by atoms with van der Waals surface area (Å²) in [5.41, 5.74) is 0.0868. The number of hydrogen-bond donors (Lipinski definition) is 1. The Labute approximate surface area is 131 Å². The van der Waals surface area contributed by atoms with Gasteiger partial charge in [0.1, 0.15) is 11.6 Å². The Balaban J connectivity index is 2.07. The van der Waals surface area contributed by atoms with Crippen LogP contribution in [-0.2, 0) is 0 Å². The van der Waals surface area contributed by atoms with E-state index in [1.165, 1.54) is 23.5 Å². The van der Waals surface area contributed by atoms with E-state index >= 15 is 0 Å². The highest BCUT2D eigenvalue weighted by atomic mass is 35.5. The van der Waals surface area contributed by atoms with E-state index in [0.29, 0.717) is 0 Å². The maximum Gasteiger partial charge on any atom is 0.132 e. The first-order chi connectivity index (χ1) is 10.2. The average molecular weight is 329 g/mol. The predicted octanol–water partition coefficient (Wildman–Crippen LogP) is 3.67. The Hall–Kier alpha value is -1.01. The maximum absolute atomic E-state index is 14.3. The van der Waals surface area contributed by atoms with Crippen LogP contribution in [0.1, 0.15) is 16.5 Å². The standard InChI is InChI=1S/C15H15ClF2N2S/c16-10-8-11(17)14(12(18)9-10)15(13-2-1-7-21-13)20-5-3-19-4-6-20/h1-2,7-9,15,19H,3-6H2/t15-/m0/s1. The third kappa shape index (κ3) is 3.11. The molecule has 1 aromatic heterocycles. The van der Waals surface area contributed by atoms with Gasteiger partial charge < -0.3 is 5.32 Å². The van der Waals surface area contributed by atoms with Crippen molar-refractivity contribution in [1.29, 1.82) is 0 Å². The minimum absolute atomic E-state index is 0.0824. The summed E-state index contributed by atoms with van der Waals surface area (Å²) in [6.07, 6.45) is 0. The third-order valence-electron chi connectivity index (χ3n) is 3.65. The Morgan fingerprint density at radius 2 is 1.86 bits per heavy atom. The van der Waals surface area contributed by atoms with Crippen molar-refractivity contribution < 1.29 is 8.78 Å². The molecule has 0 radical (unpaired) electrons. The van der Waals surface area contributed by atoms with Gasteiger partial charge in [0.25, 0.3) is 0 Å². The van der Waals surface area contributed by atoms with Gasteiger partial charge in [0, 0.05) is 41.6 Å². The molecule has 0 unspecified atom stereocenters. The molecule has 6 heteroatoms. The minimum Gasteiger partial charge on any atom is -0.314 e. The van der Waals surface area contributed by atoms with Crippen molar-refractivity contribution in [3.8, 4) is 0 Å². The highest BCUT2D eigenvalue weighted by Gasteiger charge is 2.29. The topological polar surface area (TPSA) is 15.3 Å². The molecule has 3 rings (SSSR count). The normalized spacial score (nSPS) is 17.9. The Morgan fingerprint density at radius 1 is 1.19 bits per heavy atom. The minimum atomic E-state index is -0.586. The molecule has 0 saturated carbocycles. The van der Waals surface area contributed by atoms with Crippen molar-refractivity contribution in [3.63, 3.8) is 0 Å². The summed E-state index contributed by atoms with van der Waals surface area (Å²) < 4.78 is 28.7. The van der Waals surface area contributed by atoms with Gasteiger partial charge in [0.05, 0.1) is 6.04 Å². The van der Waals surface area contributed by atoms with Crippen LogP contribution in [0.3, 0.4) is 0 Å². The molecule has 0 bridgehead atoms. The summed E-state index contributed by atoms with van der Waals surface area (Å²) in [7, 11) is 0.